The van der Waals surface area contributed by atoms with E-state index in [-0.39, 0.29) is 12.3 Å². The molecule has 0 radical (unpaired) electrons. The second kappa shape index (κ2) is 3.14. The number of carbonyl (C=O) groups excluding carboxylic acids is 1. The number of nitrogens with two attached hydrogens (primary N) is 1. The lowest BCUT2D eigenvalue weighted by molar-refractivity contribution is -0.118. The number of hydrogen-bond acceptors (Lipinski definition) is 4. The molecular formula is C6H9N3O2. The van der Waals surface area contributed by atoms with Crippen molar-refractivity contribution in [2.75, 3.05) is 0 Å². The van der Waals surface area contributed by atoms with Gasteiger partial charge in [-0.15, -0.1) is 0 Å². The minimum absolute atomic E-state index is 0.263. The zero-order valence-electron chi connectivity index (χ0n) is 6.20. The number of nitrogens with zero attached hydrogens (tertiary/aromatic N) is 2. The molecule has 0 fully saturated rings. The third kappa shape index (κ3) is 2.37. The highest BCUT2D eigenvalue weighted by Gasteiger charge is 2.03. The number of rotatable bonds is 3. The van der Waals surface area contributed by atoms with Crippen molar-refractivity contribution in [3.8, 4) is 0 Å². The van der Waals surface area contributed by atoms with Crippen molar-refractivity contribution in [1.29, 1.82) is 0 Å². The first-order valence-corrected chi connectivity index (χ1v) is 3.26. The lowest BCUT2D eigenvalue weighted by Gasteiger charge is -1.87. The predicted octanol–water partition coefficient (Wildman–Crippen LogP) is -0.204. The highest BCUT2D eigenvalue weighted by Crippen LogP contribution is 1.97. The Morgan fingerprint density at radius 1 is 1.73 bits per heavy atom. The van der Waals surface area contributed by atoms with E-state index in [9.17, 15) is 4.79 Å². The van der Waals surface area contributed by atoms with E-state index in [1.54, 1.807) is 6.92 Å². The third-order valence-electron chi connectivity index (χ3n) is 1.16. The Morgan fingerprint density at radius 2 is 2.45 bits per heavy atom. The number of aryl methyl sites for hydroxylation is 2. The van der Waals surface area contributed by atoms with Gasteiger partial charge >= 0.3 is 0 Å². The molecule has 0 aliphatic rings. The van der Waals surface area contributed by atoms with Crippen LogP contribution in [0.25, 0.3) is 0 Å². The summed E-state index contributed by atoms with van der Waals surface area (Å²) < 4.78 is 4.68. The van der Waals surface area contributed by atoms with Crippen molar-refractivity contribution < 1.29 is 9.32 Å². The molecule has 1 rings (SSSR count). The smallest absolute Gasteiger partial charge is 0.223 e. The molecule has 0 unspecified atom stereocenters. The normalized spacial score (nSPS) is 9.91. The molecule has 60 valence electrons. The summed E-state index contributed by atoms with van der Waals surface area (Å²) in [6.07, 6.45) is 0.714. The van der Waals surface area contributed by atoms with E-state index in [4.69, 9.17) is 5.73 Å². The molecule has 0 saturated carbocycles. The number of primary amides is 1. The number of carbonyl (C=O) groups is 1. The minimum Gasteiger partial charge on any atom is -0.370 e. The molecule has 1 heterocycles. The van der Waals surface area contributed by atoms with Crippen LogP contribution in [0.1, 0.15) is 18.1 Å². The molecule has 5 nitrogen and oxygen atoms in total. The first-order chi connectivity index (χ1) is 5.18. The molecule has 0 aliphatic heterocycles. The average Bonchev–Trinajstić information content (AvgIpc) is 2.31. The Bertz CT molecular complexity index is 256. The van der Waals surface area contributed by atoms with Gasteiger partial charge in [0.05, 0.1) is 0 Å². The fourth-order valence-electron chi connectivity index (χ4n) is 0.678. The fourth-order valence-corrected chi connectivity index (χ4v) is 0.678. The van der Waals surface area contributed by atoms with Gasteiger partial charge in [-0.25, -0.2) is 0 Å². The summed E-state index contributed by atoms with van der Waals surface area (Å²) in [7, 11) is 0. The van der Waals surface area contributed by atoms with Gasteiger partial charge in [0.1, 0.15) is 0 Å². The summed E-state index contributed by atoms with van der Waals surface area (Å²) in [6.45, 7) is 1.70. The summed E-state index contributed by atoms with van der Waals surface area (Å²) in [5.74, 6) is 0.679. The Balaban J connectivity index is 2.45. The van der Waals surface area contributed by atoms with E-state index in [1.807, 2.05) is 0 Å². The van der Waals surface area contributed by atoms with Crippen LogP contribution >= 0.6 is 0 Å². The molecule has 0 spiro atoms. The lowest BCUT2D eigenvalue weighted by Crippen LogP contribution is -2.11. The monoisotopic (exact) mass is 155 g/mol. The number of aromatic nitrogens is 2. The molecule has 11 heavy (non-hydrogen) atoms. The second-order valence-corrected chi connectivity index (χ2v) is 2.20. The standard InChI is InChI=1S/C6H9N3O2/c1-4-8-6(9-11-4)3-2-5(7)10/h2-3H2,1H3,(H2,7,10). The van der Waals surface area contributed by atoms with Crippen LogP contribution in [-0.2, 0) is 11.2 Å². The van der Waals surface area contributed by atoms with Gasteiger partial charge in [0, 0.05) is 19.8 Å². The molecule has 2 N–H and O–H groups in total. The maximum Gasteiger partial charge on any atom is 0.223 e. The Labute approximate surface area is 63.6 Å². The van der Waals surface area contributed by atoms with Gasteiger partial charge < -0.3 is 10.3 Å². The van der Waals surface area contributed by atoms with E-state index >= 15 is 0 Å². The van der Waals surface area contributed by atoms with Crippen LogP contribution in [0.3, 0.4) is 0 Å². The molecule has 1 amide bonds. The number of hydrogen-bond donors (Lipinski definition) is 1. The molecule has 0 aromatic carbocycles. The van der Waals surface area contributed by atoms with Crippen LogP contribution < -0.4 is 5.73 Å². The molecular weight excluding hydrogens is 146 g/mol. The molecule has 0 atom stereocenters. The summed E-state index contributed by atoms with van der Waals surface area (Å²) in [6, 6.07) is 0. The zero-order valence-corrected chi connectivity index (χ0v) is 6.20. The van der Waals surface area contributed by atoms with Crippen LogP contribution in [-0.4, -0.2) is 16.0 Å². The zero-order chi connectivity index (χ0) is 8.27. The molecule has 0 bridgehead atoms. The van der Waals surface area contributed by atoms with Gasteiger partial charge in [-0.1, -0.05) is 5.16 Å². The van der Waals surface area contributed by atoms with Gasteiger partial charge in [0.2, 0.25) is 11.8 Å². The van der Waals surface area contributed by atoms with E-state index in [1.165, 1.54) is 0 Å². The quantitative estimate of drug-likeness (QED) is 0.655. The van der Waals surface area contributed by atoms with Crippen LogP contribution in [0.5, 0.6) is 0 Å². The number of amides is 1. The van der Waals surface area contributed by atoms with Crippen molar-refractivity contribution >= 4 is 5.91 Å². The summed E-state index contributed by atoms with van der Waals surface area (Å²) in [4.78, 5) is 14.2. The second-order valence-electron chi connectivity index (χ2n) is 2.20. The van der Waals surface area contributed by atoms with Crippen LogP contribution in [0.15, 0.2) is 4.52 Å². The maximum atomic E-state index is 10.3. The molecule has 1 aromatic rings. The lowest BCUT2D eigenvalue weighted by atomic mass is 10.3. The Morgan fingerprint density at radius 3 is 2.91 bits per heavy atom. The van der Waals surface area contributed by atoms with E-state index in [2.05, 4.69) is 14.7 Å². The molecule has 0 aliphatic carbocycles. The van der Waals surface area contributed by atoms with Crippen molar-refractivity contribution in [3.05, 3.63) is 11.7 Å². The molecule has 5 heteroatoms. The summed E-state index contributed by atoms with van der Waals surface area (Å²) in [5.41, 5.74) is 4.92. The molecule has 1 aromatic heterocycles. The van der Waals surface area contributed by atoms with Crippen molar-refractivity contribution in [1.82, 2.24) is 10.1 Å². The first kappa shape index (κ1) is 7.71. The van der Waals surface area contributed by atoms with Gasteiger partial charge in [0.15, 0.2) is 5.82 Å². The van der Waals surface area contributed by atoms with Crippen molar-refractivity contribution in [2.45, 2.75) is 19.8 Å². The highest BCUT2D eigenvalue weighted by molar-refractivity contribution is 5.73. The highest BCUT2D eigenvalue weighted by atomic mass is 16.5. The van der Waals surface area contributed by atoms with Crippen LogP contribution in [0, 0.1) is 6.92 Å². The molecule has 0 saturated heterocycles. The van der Waals surface area contributed by atoms with Crippen molar-refractivity contribution in [2.24, 2.45) is 5.73 Å². The van der Waals surface area contributed by atoms with E-state index < -0.39 is 0 Å². The van der Waals surface area contributed by atoms with Gasteiger partial charge in [-0.05, 0) is 0 Å². The van der Waals surface area contributed by atoms with Crippen LogP contribution in [0.2, 0.25) is 0 Å². The third-order valence-corrected chi connectivity index (χ3v) is 1.16. The van der Waals surface area contributed by atoms with E-state index in [0.29, 0.717) is 18.1 Å². The van der Waals surface area contributed by atoms with Gasteiger partial charge in [-0.3, -0.25) is 4.79 Å². The topological polar surface area (TPSA) is 82.0 Å². The predicted molar refractivity (Wildman–Crippen MR) is 36.6 cm³/mol. The summed E-state index contributed by atoms with van der Waals surface area (Å²) >= 11 is 0. The van der Waals surface area contributed by atoms with E-state index in [0.717, 1.165) is 0 Å². The Hall–Kier alpha value is -1.39. The fraction of sp³-hybridized carbons (Fsp3) is 0.500. The maximum absolute atomic E-state index is 10.3. The van der Waals surface area contributed by atoms with Crippen molar-refractivity contribution in [3.63, 3.8) is 0 Å². The average molecular weight is 155 g/mol. The van der Waals surface area contributed by atoms with Crippen LogP contribution in [0.4, 0.5) is 0 Å². The minimum atomic E-state index is -0.354. The van der Waals surface area contributed by atoms with Gasteiger partial charge in [-0.2, -0.15) is 4.98 Å². The Kier molecular flexibility index (Phi) is 2.20. The largest absolute Gasteiger partial charge is 0.370 e. The summed E-state index contributed by atoms with van der Waals surface area (Å²) in [5, 5.41) is 3.59. The van der Waals surface area contributed by atoms with Gasteiger partial charge in [0.25, 0.3) is 0 Å². The SMILES string of the molecule is Cc1nc(CCC(N)=O)no1. The first-order valence-electron chi connectivity index (χ1n) is 3.26.